The Labute approximate surface area is 244 Å². The molecule has 3 rings (SSSR count). The van der Waals surface area contributed by atoms with E-state index < -0.39 is 28.5 Å². The van der Waals surface area contributed by atoms with E-state index >= 15 is 0 Å². The van der Waals surface area contributed by atoms with Crippen LogP contribution in [0.3, 0.4) is 0 Å². The highest BCUT2D eigenvalue weighted by Gasteiger charge is 2.33. The number of carbonyl (C=O) groups excluding carboxylic acids is 2. The lowest BCUT2D eigenvalue weighted by molar-refractivity contribution is -0.140. The van der Waals surface area contributed by atoms with Crippen molar-refractivity contribution in [3.8, 4) is 0 Å². The molecule has 0 radical (unpaired) electrons. The molecular weight excluding hydrogens is 581 g/mol. The lowest BCUT2D eigenvalue weighted by atomic mass is 10.0. The Bertz CT molecular complexity index is 1400. The molecule has 0 unspecified atom stereocenters. The molecule has 0 heterocycles. The van der Waals surface area contributed by atoms with Crippen molar-refractivity contribution in [3.63, 3.8) is 0 Å². The Kier molecular flexibility index (Phi) is 11.1. The fourth-order valence-electron chi connectivity index (χ4n) is 3.98. The van der Waals surface area contributed by atoms with Crippen LogP contribution in [0.15, 0.2) is 72.8 Å². The van der Waals surface area contributed by atoms with Crippen LogP contribution < -0.4 is 9.62 Å². The van der Waals surface area contributed by atoms with Crippen LogP contribution in [-0.2, 0) is 32.6 Å². The molecule has 0 aliphatic rings. The summed E-state index contributed by atoms with van der Waals surface area (Å²) in [6, 6.07) is 19.7. The predicted octanol–water partition coefficient (Wildman–Crippen LogP) is 5.58. The highest BCUT2D eigenvalue weighted by molar-refractivity contribution is 7.92. The van der Waals surface area contributed by atoms with Crippen LogP contribution in [0.1, 0.15) is 24.5 Å². The number of rotatable bonds is 12. The van der Waals surface area contributed by atoms with Crippen LogP contribution in [0.5, 0.6) is 0 Å². The SMILES string of the molecule is CCCNC(=O)[C@@H](Cc1ccccc1)N(Cc1ccccc1Cl)C(=O)CN(c1ccc(Cl)c(Cl)c1)S(C)(=O)=O. The molecule has 3 aromatic rings. The maximum Gasteiger partial charge on any atom is 0.244 e. The minimum atomic E-state index is -3.92. The van der Waals surface area contributed by atoms with Gasteiger partial charge in [-0.3, -0.25) is 13.9 Å². The van der Waals surface area contributed by atoms with Gasteiger partial charge in [0.1, 0.15) is 12.6 Å². The summed E-state index contributed by atoms with van der Waals surface area (Å²) in [7, 11) is -3.92. The van der Waals surface area contributed by atoms with Crippen molar-refractivity contribution in [1.82, 2.24) is 10.2 Å². The molecule has 0 aliphatic heterocycles. The lowest BCUT2D eigenvalue weighted by Gasteiger charge is -2.33. The first-order chi connectivity index (χ1) is 18.5. The summed E-state index contributed by atoms with van der Waals surface area (Å²) in [6.07, 6.45) is 1.93. The van der Waals surface area contributed by atoms with Crippen molar-refractivity contribution < 1.29 is 18.0 Å². The van der Waals surface area contributed by atoms with E-state index in [9.17, 15) is 18.0 Å². The van der Waals surface area contributed by atoms with E-state index in [1.807, 2.05) is 37.3 Å². The molecule has 0 aromatic heterocycles. The van der Waals surface area contributed by atoms with Gasteiger partial charge in [0, 0.05) is 24.5 Å². The third kappa shape index (κ3) is 8.60. The van der Waals surface area contributed by atoms with Crippen LogP contribution >= 0.6 is 34.8 Å². The topological polar surface area (TPSA) is 86.8 Å². The van der Waals surface area contributed by atoms with Crippen molar-refractivity contribution in [2.24, 2.45) is 0 Å². The highest BCUT2D eigenvalue weighted by Crippen LogP contribution is 2.29. The average molecular weight is 611 g/mol. The number of amides is 2. The normalized spacial score (nSPS) is 12.0. The maximum atomic E-state index is 14.0. The van der Waals surface area contributed by atoms with Gasteiger partial charge >= 0.3 is 0 Å². The molecule has 0 aliphatic carbocycles. The van der Waals surface area contributed by atoms with Gasteiger partial charge in [0.05, 0.1) is 22.0 Å². The van der Waals surface area contributed by atoms with E-state index in [-0.39, 0.29) is 34.6 Å². The van der Waals surface area contributed by atoms with Gasteiger partial charge in [0.2, 0.25) is 21.8 Å². The van der Waals surface area contributed by atoms with Gasteiger partial charge < -0.3 is 10.2 Å². The number of hydrogen-bond donors (Lipinski definition) is 1. The second-order valence-corrected chi connectivity index (χ2v) is 12.1. The number of hydrogen-bond acceptors (Lipinski definition) is 4. The quantitative estimate of drug-likeness (QED) is 0.290. The van der Waals surface area contributed by atoms with E-state index in [0.29, 0.717) is 23.6 Å². The summed E-state index contributed by atoms with van der Waals surface area (Å²) in [5.41, 5.74) is 1.64. The van der Waals surface area contributed by atoms with Crippen molar-refractivity contribution in [3.05, 3.63) is 99.0 Å². The molecule has 0 bridgehead atoms. The zero-order valence-corrected chi connectivity index (χ0v) is 24.7. The summed E-state index contributed by atoms with van der Waals surface area (Å²) >= 11 is 18.6. The number of nitrogens with one attached hydrogen (secondary N) is 1. The van der Waals surface area contributed by atoms with Crippen LogP contribution in [-0.4, -0.2) is 50.5 Å². The minimum absolute atomic E-state index is 0.00543. The smallest absolute Gasteiger partial charge is 0.244 e. The molecule has 0 saturated heterocycles. The molecule has 1 atom stereocenters. The predicted molar refractivity (Wildman–Crippen MR) is 158 cm³/mol. The molecule has 208 valence electrons. The standard InChI is InChI=1S/C28H30Cl3N3O4S/c1-3-15-32-28(36)26(16-20-9-5-4-6-10-20)33(18-21-11-7-8-12-23(21)29)27(35)19-34(39(2,37)38)22-13-14-24(30)25(31)17-22/h4-14,17,26H,3,15-16,18-19H2,1-2H3,(H,32,36)/t26-/m1/s1. The van der Waals surface area contributed by atoms with Gasteiger partial charge in [-0.25, -0.2) is 8.42 Å². The van der Waals surface area contributed by atoms with Crippen LogP contribution in [0, 0.1) is 0 Å². The van der Waals surface area contributed by atoms with E-state index in [1.54, 1.807) is 24.3 Å². The largest absolute Gasteiger partial charge is 0.354 e. The number of nitrogens with zero attached hydrogens (tertiary/aromatic N) is 2. The zero-order valence-electron chi connectivity index (χ0n) is 21.6. The zero-order chi connectivity index (χ0) is 28.6. The number of benzene rings is 3. The first kappa shape index (κ1) is 30.8. The van der Waals surface area contributed by atoms with E-state index in [2.05, 4.69) is 5.32 Å². The molecule has 3 aromatic carbocycles. The third-order valence-corrected chi connectivity index (χ3v) is 8.24. The summed E-state index contributed by atoms with van der Waals surface area (Å²) in [6.45, 7) is 1.79. The second kappa shape index (κ2) is 14.0. The molecule has 1 N–H and O–H groups in total. The Morgan fingerprint density at radius 2 is 1.56 bits per heavy atom. The third-order valence-electron chi connectivity index (χ3n) is 5.99. The summed E-state index contributed by atoms with van der Waals surface area (Å²) in [5.74, 6) is -0.930. The van der Waals surface area contributed by atoms with Crippen LogP contribution in [0.2, 0.25) is 15.1 Å². The van der Waals surface area contributed by atoms with E-state index in [1.165, 1.54) is 23.1 Å². The van der Waals surface area contributed by atoms with Crippen LogP contribution in [0.4, 0.5) is 5.69 Å². The van der Waals surface area contributed by atoms with E-state index in [4.69, 9.17) is 34.8 Å². The summed E-state index contributed by atoms with van der Waals surface area (Å²) in [5, 5.41) is 3.70. The molecule has 11 heteroatoms. The fraction of sp³-hybridized carbons (Fsp3) is 0.286. The van der Waals surface area contributed by atoms with Crippen molar-refractivity contribution in [1.29, 1.82) is 0 Å². The van der Waals surface area contributed by atoms with Gasteiger partial charge in [0.25, 0.3) is 0 Å². The van der Waals surface area contributed by atoms with Crippen LogP contribution in [0.25, 0.3) is 0 Å². The molecule has 0 spiro atoms. The first-order valence-electron chi connectivity index (χ1n) is 12.3. The number of sulfonamides is 1. The molecular formula is C28H30Cl3N3O4S. The molecule has 2 amide bonds. The molecule has 0 fully saturated rings. The average Bonchev–Trinajstić information content (AvgIpc) is 2.90. The maximum absolute atomic E-state index is 14.0. The van der Waals surface area contributed by atoms with E-state index in [0.717, 1.165) is 16.1 Å². The number of halogens is 3. The molecule has 0 saturated carbocycles. The Balaban J connectivity index is 2.06. The lowest BCUT2D eigenvalue weighted by Crippen LogP contribution is -2.53. The first-order valence-corrected chi connectivity index (χ1v) is 15.3. The Morgan fingerprint density at radius 3 is 2.18 bits per heavy atom. The minimum Gasteiger partial charge on any atom is -0.354 e. The van der Waals surface area contributed by atoms with Crippen molar-refractivity contribution >= 4 is 62.3 Å². The van der Waals surface area contributed by atoms with Gasteiger partial charge in [-0.2, -0.15) is 0 Å². The number of carbonyl (C=O) groups is 2. The number of anilines is 1. The summed E-state index contributed by atoms with van der Waals surface area (Å²) in [4.78, 5) is 28.8. The molecule has 39 heavy (non-hydrogen) atoms. The fourth-order valence-corrected chi connectivity index (χ4v) is 5.31. The highest BCUT2D eigenvalue weighted by atomic mass is 35.5. The van der Waals surface area contributed by atoms with Gasteiger partial charge in [0.15, 0.2) is 0 Å². The van der Waals surface area contributed by atoms with Crippen molar-refractivity contribution in [2.45, 2.75) is 32.4 Å². The Hall–Kier alpha value is -2.78. The second-order valence-electron chi connectivity index (χ2n) is 8.98. The van der Waals surface area contributed by atoms with Gasteiger partial charge in [-0.1, -0.05) is 90.3 Å². The summed E-state index contributed by atoms with van der Waals surface area (Å²) < 4.78 is 26.6. The Morgan fingerprint density at radius 1 is 0.897 bits per heavy atom. The van der Waals surface area contributed by atoms with Crippen molar-refractivity contribution in [2.75, 3.05) is 23.7 Å². The monoisotopic (exact) mass is 609 g/mol. The molecule has 7 nitrogen and oxygen atoms in total. The van der Waals surface area contributed by atoms with Gasteiger partial charge in [-0.05, 0) is 41.8 Å². The van der Waals surface area contributed by atoms with Gasteiger partial charge in [-0.15, -0.1) is 0 Å².